The molecule has 0 amide bonds. The summed E-state index contributed by atoms with van der Waals surface area (Å²) >= 11 is 1.41. The lowest BCUT2D eigenvalue weighted by molar-refractivity contribution is 0.672. The Morgan fingerprint density at radius 2 is 2.00 bits per heavy atom. The first kappa shape index (κ1) is 10.8. The van der Waals surface area contributed by atoms with Crippen molar-refractivity contribution < 1.29 is 0 Å². The number of thioether (sulfide) groups is 1. The molecule has 2 heterocycles. The van der Waals surface area contributed by atoms with Crippen LogP contribution in [-0.4, -0.2) is 14.6 Å². The van der Waals surface area contributed by atoms with E-state index in [0.717, 1.165) is 11.3 Å². The van der Waals surface area contributed by atoms with E-state index in [2.05, 4.69) is 15.4 Å². The number of fused-ring (bicyclic) bond motifs is 1. The Bertz CT molecular complexity index is 676. The second-order valence-corrected chi connectivity index (χ2v) is 4.49. The fraction of sp³-hybridized carbons (Fsp3) is 0. The zero-order chi connectivity index (χ0) is 12.5. The molecule has 2 aromatic rings. The molecule has 7 heteroatoms. The Kier molecular flexibility index (Phi) is 2.52. The fourth-order valence-corrected chi connectivity index (χ4v) is 2.41. The van der Waals surface area contributed by atoms with Crippen molar-refractivity contribution in [2.75, 3.05) is 11.2 Å². The van der Waals surface area contributed by atoms with Gasteiger partial charge in [0.1, 0.15) is 0 Å². The molecule has 1 aromatic carbocycles. The maximum atomic E-state index is 7.77. The van der Waals surface area contributed by atoms with Crippen LogP contribution in [0.25, 0.3) is 5.70 Å². The second kappa shape index (κ2) is 4.19. The van der Waals surface area contributed by atoms with Crippen LogP contribution in [0.4, 0.5) is 5.95 Å². The van der Waals surface area contributed by atoms with E-state index < -0.39 is 0 Å². The lowest BCUT2D eigenvalue weighted by Gasteiger charge is -2.20. The molecule has 90 valence electrons. The van der Waals surface area contributed by atoms with Crippen molar-refractivity contribution in [3.05, 3.63) is 46.9 Å². The third-order valence-electron chi connectivity index (χ3n) is 2.43. The topological polar surface area (TPSA) is 92.6 Å². The van der Waals surface area contributed by atoms with E-state index in [0.29, 0.717) is 5.16 Å². The van der Waals surface area contributed by atoms with Gasteiger partial charge in [0.25, 0.3) is 0 Å². The predicted molar refractivity (Wildman–Crippen MR) is 69.9 cm³/mol. The number of rotatable bonds is 1. The molecule has 1 aliphatic rings. The van der Waals surface area contributed by atoms with Crippen molar-refractivity contribution in [1.82, 2.24) is 14.6 Å². The molecule has 0 aliphatic carbocycles. The molecular formula is C11H10N6S. The molecule has 0 saturated carbocycles. The van der Waals surface area contributed by atoms with Crippen LogP contribution in [0.1, 0.15) is 5.56 Å². The molecule has 6 nitrogen and oxygen atoms in total. The SMILES string of the molecule is N=c1nc(N)nc2n1NC(c1ccccc1)=CS2. The Morgan fingerprint density at radius 3 is 2.78 bits per heavy atom. The summed E-state index contributed by atoms with van der Waals surface area (Å²) in [6, 6.07) is 9.87. The average Bonchev–Trinajstić information content (AvgIpc) is 2.39. The standard InChI is InChI=1S/C11H10N6S/c12-9-14-10(13)17-11(15-9)18-6-8(16-17)7-4-2-1-3-5-7/h1-6,16H,(H3,12,13,14). The first-order valence-electron chi connectivity index (χ1n) is 5.24. The number of nitrogens with zero attached hydrogens (tertiary/aromatic N) is 3. The van der Waals surface area contributed by atoms with Crippen LogP contribution in [0.2, 0.25) is 0 Å². The summed E-state index contributed by atoms with van der Waals surface area (Å²) in [6.45, 7) is 0. The van der Waals surface area contributed by atoms with E-state index in [1.165, 1.54) is 16.4 Å². The molecule has 4 N–H and O–H groups in total. The van der Waals surface area contributed by atoms with Crippen LogP contribution in [0.3, 0.4) is 0 Å². The first-order valence-corrected chi connectivity index (χ1v) is 6.12. The van der Waals surface area contributed by atoms with Gasteiger partial charge in [0.2, 0.25) is 11.6 Å². The van der Waals surface area contributed by atoms with Crippen LogP contribution in [-0.2, 0) is 0 Å². The Morgan fingerprint density at radius 1 is 1.22 bits per heavy atom. The van der Waals surface area contributed by atoms with E-state index in [-0.39, 0.29) is 11.6 Å². The molecular weight excluding hydrogens is 248 g/mol. The van der Waals surface area contributed by atoms with Gasteiger partial charge in [0, 0.05) is 5.41 Å². The molecule has 0 unspecified atom stereocenters. The monoisotopic (exact) mass is 258 g/mol. The first-order chi connectivity index (χ1) is 8.74. The maximum Gasteiger partial charge on any atom is 0.246 e. The van der Waals surface area contributed by atoms with Crippen molar-refractivity contribution in [3.8, 4) is 0 Å². The molecule has 0 radical (unpaired) electrons. The lowest BCUT2D eigenvalue weighted by Crippen LogP contribution is -2.34. The van der Waals surface area contributed by atoms with Gasteiger partial charge in [0.15, 0.2) is 5.16 Å². The van der Waals surface area contributed by atoms with E-state index in [1.807, 2.05) is 35.7 Å². The molecule has 0 atom stereocenters. The number of hydrogen-bond acceptors (Lipinski definition) is 6. The summed E-state index contributed by atoms with van der Waals surface area (Å²) in [5, 5.41) is 10.3. The largest absolute Gasteiger partial charge is 0.368 e. The summed E-state index contributed by atoms with van der Waals surface area (Å²) in [4.78, 5) is 7.88. The number of anilines is 1. The highest BCUT2D eigenvalue weighted by atomic mass is 32.2. The van der Waals surface area contributed by atoms with Gasteiger partial charge >= 0.3 is 0 Å². The zero-order valence-electron chi connectivity index (χ0n) is 9.29. The van der Waals surface area contributed by atoms with Crippen molar-refractivity contribution >= 4 is 23.4 Å². The minimum absolute atomic E-state index is 0.0338. The predicted octanol–water partition coefficient (Wildman–Crippen LogP) is 0.988. The summed E-state index contributed by atoms with van der Waals surface area (Å²) < 4.78 is 1.50. The number of nitrogen functional groups attached to an aromatic ring is 1. The van der Waals surface area contributed by atoms with Gasteiger partial charge in [0.05, 0.1) is 5.70 Å². The quantitative estimate of drug-likeness (QED) is 0.709. The van der Waals surface area contributed by atoms with Gasteiger partial charge in [-0.2, -0.15) is 14.6 Å². The highest BCUT2D eigenvalue weighted by molar-refractivity contribution is 8.02. The third kappa shape index (κ3) is 1.84. The van der Waals surface area contributed by atoms with Crippen LogP contribution >= 0.6 is 11.8 Å². The van der Waals surface area contributed by atoms with Crippen LogP contribution in [0, 0.1) is 5.41 Å². The zero-order valence-corrected chi connectivity index (χ0v) is 10.1. The molecule has 1 aromatic heterocycles. The van der Waals surface area contributed by atoms with E-state index in [4.69, 9.17) is 11.1 Å². The number of benzene rings is 1. The Labute approximate surface area is 107 Å². The lowest BCUT2D eigenvalue weighted by atomic mass is 10.2. The van der Waals surface area contributed by atoms with Gasteiger partial charge in [-0.25, -0.2) is 0 Å². The van der Waals surface area contributed by atoms with Gasteiger partial charge in [-0.05, 0) is 5.56 Å². The van der Waals surface area contributed by atoms with Gasteiger partial charge in [-0.1, -0.05) is 42.1 Å². The van der Waals surface area contributed by atoms with E-state index in [1.54, 1.807) is 0 Å². The minimum atomic E-state index is 0.0338. The molecule has 0 bridgehead atoms. The molecule has 18 heavy (non-hydrogen) atoms. The van der Waals surface area contributed by atoms with Crippen LogP contribution in [0.15, 0.2) is 40.9 Å². The Hall–Kier alpha value is -2.28. The average molecular weight is 258 g/mol. The molecule has 3 rings (SSSR count). The molecule has 0 fully saturated rings. The normalized spacial score (nSPS) is 13.4. The molecule has 0 saturated heterocycles. The molecule has 1 aliphatic heterocycles. The van der Waals surface area contributed by atoms with Gasteiger partial charge < -0.3 is 5.73 Å². The van der Waals surface area contributed by atoms with Gasteiger partial charge in [-0.3, -0.25) is 10.8 Å². The number of hydrogen-bond donors (Lipinski definition) is 3. The van der Waals surface area contributed by atoms with Gasteiger partial charge in [-0.15, -0.1) is 0 Å². The summed E-state index contributed by atoms with van der Waals surface area (Å²) in [6.07, 6.45) is 0. The number of aromatic nitrogens is 3. The van der Waals surface area contributed by atoms with Crippen molar-refractivity contribution in [1.29, 1.82) is 5.41 Å². The highest BCUT2D eigenvalue weighted by Crippen LogP contribution is 2.26. The van der Waals surface area contributed by atoms with Crippen molar-refractivity contribution in [2.24, 2.45) is 0 Å². The van der Waals surface area contributed by atoms with Crippen molar-refractivity contribution in [3.63, 3.8) is 0 Å². The summed E-state index contributed by atoms with van der Waals surface area (Å²) in [7, 11) is 0. The fourth-order valence-electron chi connectivity index (χ4n) is 1.61. The smallest absolute Gasteiger partial charge is 0.246 e. The number of nitrogens with two attached hydrogens (primary N) is 1. The summed E-state index contributed by atoms with van der Waals surface area (Å²) in [5.41, 5.74) is 10.6. The summed E-state index contributed by atoms with van der Waals surface area (Å²) in [5.74, 6) is 0.108. The number of nitrogens with one attached hydrogen (secondary N) is 2. The van der Waals surface area contributed by atoms with Crippen LogP contribution in [0.5, 0.6) is 0 Å². The van der Waals surface area contributed by atoms with E-state index in [9.17, 15) is 0 Å². The third-order valence-corrected chi connectivity index (χ3v) is 3.27. The second-order valence-electron chi connectivity index (χ2n) is 3.65. The van der Waals surface area contributed by atoms with Crippen molar-refractivity contribution in [2.45, 2.75) is 5.16 Å². The van der Waals surface area contributed by atoms with E-state index >= 15 is 0 Å². The molecule has 0 spiro atoms. The minimum Gasteiger partial charge on any atom is -0.368 e. The highest BCUT2D eigenvalue weighted by Gasteiger charge is 2.14. The maximum absolute atomic E-state index is 7.77. The van der Waals surface area contributed by atoms with Crippen LogP contribution < -0.4 is 16.8 Å². The Balaban J connectivity index is 2.02.